The van der Waals surface area contributed by atoms with Crippen LogP contribution in [-0.2, 0) is 14.3 Å². The van der Waals surface area contributed by atoms with Crippen LogP contribution in [0.25, 0.3) is 11.0 Å². The number of fused-ring (bicyclic) bond motifs is 7. The number of nitrogens with one attached hydrogen (secondary N) is 2. The number of carbonyl (C=O) groups is 1. The van der Waals surface area contributed by atoms with E-state index in [0.29, 0.717) is 48.7 Å². The maximum absolute atomic E-state index is 14.1. The smallest absolute Gasteiger partial charge is 0.341 e. The number of nitrogens with two attached hydrogens (primary N) is 2. The summed E-state index contributed by atoms with van der Waals surface area (Å²) in [6.45, 7) is 6.16. The lowest BCUT2D eigenvalue weighted by Gasteiger charge is -2.44. The van der Waals surface area contributed by atoms with E-state index in [0.717, 1.165) is 49.9 Å². The van der Waals surface area contributed by atoms with Crippen LogP contribution in [0.1, 0.15) is 88.9 Å². The number of rotatable bonds is 3. The Labute approximate surface area is 279 Å². The number of aryl methyl sites for hydroxylation is 1. The molecule has 5 aliphatic heterocycles. The number of hydrogen-bond donors (Lipinski definition) is 5. The van der Waals surface area contributed by atoms with Crippen molar-refractivity contribution in [3.05, 3.63) is 79.8 Å². The van der Waals surface area contributed by atoms with Gasteiger partial charge in [0, 0.05) is 30.2 Å². The van der Waals surface area contributed by atoms with Crippen LogP contribution in [0.15, 0.2) is 67.4 Å². The van der Waals surface area contributed by atoms with Crippen LogP contribution < -0.4 is 32.3 Å². The van der Waals surface area contributed by atoms with Crippen molar-refractivity contribution in [2.75, 3.05) is 6.54 Å². The van der Waals surface area contributed by atoms with Crippen LogP contribution in [-0.4, -0.2) is 47.1 Å². The largest absolute Gasteiger partial charge is 0.507 e. The molecule has 11 heteroatoms. The Morgan fingerprint density at radius 1 is 1.10 bits per heavy atom. The molecule has 1 aliphatic carbocycles. The van der Waals surface area contributed by atoms with Crippen LogP contribution in [0.3, 0.4) is 0 Å². The summed E-state index contributed by atoms with van der Waals surface area (Å²) in [5.41, 5.74) is 16.2. The second kappa shape index (κ2) is 11.1. The van der Waals surface area contributed by atoms with E-state index in [4.69, 9.17) is 30.1 Å². The number of aromatic hydroxyl groups is 1. The lowest BCUT2D eigenvalue weighted by Crippen LogP contribution is -2.52. The van der Waals surface area contributed by atoms with E-state index < -0.39 is 23.3 Å². The van der Waals surface area contributed by atoms with Gasteiger partial charge in [0.15, 0.2) is 11.0 Å². The summed E-state index contributed by atoms with van der Waals surface area (Å²) in [6.07, 6.45) is 10.2. The number of esters is 1. The summed E-state index contributed by atoms with van der Waals surface area (Å²) in [6, 6.07) is 3.04. The van der Waals surface area contributed by atoms with E-state index >= 15 is 0 Å². The maximum atomic E-state index is 14.1. The van der Waals surface area contributed by atoms with E-state index in [1.54, 1.807) is 13.0 Å². The molecule has 6 aliphatic rings. The highest BCUT2D eigenvalue weighted by Gasteiger charge is 2.64. The van der Waals surface area contributed by atoms with Crippen molar-refractivity contribution in [3.63, 3.8) is 0 Å². The van der Waals surface area contributed by atoms with Crippen molar-refractivity contribution in [1.82, 2.24) is 10.6 Å². The molecule has 5 atom stereocenters. The molecule has 0 bridgehead atoms. The number of dihydropyridines is 2. The quantitative estimate of drug-likeness (QED) is 0.234. The fraction of sp³-hybridized carbons (Fsp3) is 0.514. The average molecular weight is 657 g/mol. The summed E-state index contributed by atoms with van der Waals surface area (Å²) >= 11 is 0. The van der Waals surface area contributed by atoms with Gasteiger partial charge in [-0.15, -0.1) is 0 Å². The van der Waals surface area contributed by atoms with Crippen LogP contribution in [0.4, 0.5) is 0 Å². The van der Waals surface area contributed by atoms with Gasteiger partial charge in [0.05, 0.1) is 23.8 Å². The molecule has 1 aromatic heterocycles. The first-order valence-corrected chi connectivity index (χ1v) is 17.2. The first-order valence-electron chi connectivity index (χ1n) is 17.2. The molecule has 5 unspecified atom stereocenters. The van der Waals surface area contributed by atoms with Gasteiger partial charge in [-0.1, -0.05) is 12.5 Å². The monoisotopic (exact) mass is 656 g/mol. The SMILES string of the molecule is Cc1cc(=O)c2c(O)c3c(cc2o1)OC(C)(C)C1OC(=O)C2(CCCCC31)OC2CCC1=C2CCCC3=C(N)NCC=C3C2NC(N)=C1. The molecule has 2 aromatic rings. The van der Waals surface area contributed by atoms with E-state index in [1.807, 2.05) is 19.9 Å². The fourth-order valence-electron chi connectivity index (χ4n) is 8.87. The number of phenols is 1. The Morgan fingerprint density at radius 2 is 1.94 bits per heavy atom. The number of ether oxygens (including phenoxy) is 3. The summed E-state index contributed by atoms with van der Waals surface area (Å²) in [5, 5.41) is 18.3. The standard InChI is InChI=1S/C37H44N4O7/c1-18-15-24(42)30-25(45-18)17-26-29(32(30)43)23-7-4-5-13-37(35(44)46-33(23)36(2,3)47-26)27(48-37)11-10-19-16-28(38)41-31-20(19)8-6-9-22-21(31)12-14-40-34(22)39/h12,15-17,23,27,31,33,40-41,43H,4-11,13-14,38-39H2,1-3H3. The fourth-order valence-corrected chi connectivity index (χ4v) is 8.87. The van der Waals surface area contributed by atoms with Crippen molar-refractivity contribution in [2.24, 2.45) is 11.5 Å². The van der Waals surface area contributed by atoms with E-state index in [-0.39, 0.29) is 40.2 Å². The van der Waals surface area contributed by atoms with E-state index in [1.165, 1.54) is 22.8 Å². The molecule has 3 fully saturated rings. The van der Waals surface area contributed by atoms with Crippen molar-refractivity contribution >= 4 is 16.9 Å². The maximum Gasteiger partial charge on any atom is 0.341 e. The van der Waals surface area contributed by atoms with Gasteiger partial charge >= 0.3 is 5.97 Å². The Morgan fingerprint density at radius 3 is 2.77 bits per heavy atom. The number of epoxide rings is 1. The molecule has 48 heavy (non-hydrogen) atoms. The van der Waals surface area contributed by atoms with Gasteiger partial charge in [-0.25, -0.2) is 4.79 Å². The number of hydrogen-bond acceptors (Lipinski definition) is 11. The minimum Gasteiger partial charge on any atom is -0.507 e. The van der Waals surface area contributed by atoms with Gasteiger partial charge in [-0.05, 0) is 101 Å². The Hall–Kier alpha value is -4.38. The predicted octanol–water partition coefficient (Wildman–Crippen LogP) is 4.42. The minimum absolute atomic E-state index is 0.00984. The van der Waals surface area contributed by atoms with Crippen LogP contribution >= 0.6 is 0 Å². The number of phenolic OH excluding ortho intramolecular Hbond substituents is 1. The van der Waals surface area contributed by atoms with Gasteiger partial charge in [0.25, 0.3) is 0 Å². The van der Waals surface area contributed by atoms with Gasteiger partial charge in [-0.3, -0.25) is 4.79 Å². The lowest BCUT2D eigenvalue weighted by molar-refractivity contribution is -0.170. The number of carbonyl (C=O) groups excluding carboxylic acids is 1. The summed E-state index contributed by atoms with van der Waals surface area (Å²) in [4.78, 5) is 27.0. The van der Waals surface area contributed by atoms with Crippen LogP contribution in [0, 0.1) is 6.92 Å². The van der Waals surface area contributed by atoms with Gasteiger partial charge in [-0.2, -0.15) is 0 Å². The molecule has 6 heterocycles. The molecular formula is C37H44N4O7. The summed E-state index contributed by atoms with van der Waals surface area (Å²) < 4.78 is 24.9. The van der Waals surface area contributed by atoms with Gasteiger partial charge < -0.3 is 45.8 Å². The lowest BCUT2D eigenvalue weighted by atomic mass is 9.77. The second-order valence-electron chi connectivity index (χ2n) is 14.7. The van der Waals surface area contributed by atoms with Gasteiger partial charge in [0.2, 0.25) is 0 Å². The van der Waals surface area contributed by atoms with Crippen molar-refractivity contribution in [1.29, 1.82) is 0 Å². The normalized spacial score (nSPS) is 30.8. The first-order chi connectivity index (χ1) is 23.0. The second-order valence-corrected chi connectivity index (χ2v) is 14.7. The molecule has 1 saturated carbocycles. The third kappa shape index (κ3) is 4.88. The molecule has 1 spiro atoms. The topological polar surface area (TPSA) is 175 Å². The minimum atomic E-state index is -1.02. The van der Waals surface area contributed by atoms with E-state index in [2.05, 4.69) is 16.7 Å². The zero-order chi connectivity index (χ0) is 33.5. The highest BCUT2D eigenvalue weighted by atomic mass is 16.7. The number of benzene rings is 1. The van der Waals surface area contributed by atoms with Crippen LogP contribution in [0.5, 0.6) is 11.5 Å². The highest BCUT2D eigenvalue weighted by Crippen LogP contribution is 2.54. The van der Waals surface area contributed by atoms with Crippen molar-refractivity contribution in [3.8, 4) is 11.5 Å². The van der Waals surface area contributed by atoms with E-state index in [9.17, 15) is 14.7 Å². The third-order valence-electron chi connectivity index (χ3n) is 11.2. The number of allylic oxidation sites excluding steroid dienone is 2. The Kier molecular flexibility index (Phi) is 7.14. The predicted molar refractivity (Wildman–Crippen MR) is 179 cm³/mol. The molecule has 7 N–H and O–H groups in total. The third-order valence-corrected chi connectivity index (χ3v) is 11.2. The molecule has 0 radical (unpaired) electrons. The molecule has 1 aromatic carbocycles. The first kappa shape index (κ1) is 30.9. The molecule has 8 rings (SSSR count). The molecule has 0 amide bonds. The Balaban J connectivity index is 1.05. The highest BCUT2D eigenvalue weighted by molar-refractivity contribution is 5.88. The summed E-state index contributed by atoms with van der Waals surface area (Å²) in [7, 11) is 0. The zero-order valence-electron chi connectivity index (χ0n) is 27.7. The average Bonchev–Trinajstić information content (AvgIpc) is 3.75. The molecule has 254 valence electrons. The molecule has 2 saturated heterocycles. The van der Waals surface area contributed by atoms with Crippen LogP contribution in [0.2, 0.25) is 0 Å². The Bertz CT molecular complexity index is 1920. The van der Waals surface area contributed by atoms with Gasteiger partial charge in [0.1, 0.15) is 39.9 Å². The zero-order valence-corrected chi connectivity index (χ0v) is 27.7. The van der Waals surface area contributed by atoms with Crippen molar-refractivity contribution < 1.29 is 28.5 Å². The van der Waals surface area contributed by atoms with Crippen molar-refractivity contribution in [2.45, 2.75) is 114 Å². The molecular weight excluding hydrogens is 612 g/mol. The summed E-state index contributed by atoms with van der Waals surface area (Å²) in [5.74, 6) is 1.33. The molecule has 11 nitrogen and oxygen atoms in total.